The predicted molar refractivity (Wildman–Crippen MR) is 78.7 cm³/mol. The fourth-order valence-corrected chi connectivity index (χ4v) is 4.34. The zero-order valence-electron chi connectivity index (χ0n) is 10.9. The summed E-state index contributed by atoms with van der Waals surface area (Å²) < 4.78 is 0. The van der Waals surface area contributed by atoms with Gasteiger partial charge in [0.2, 0.25) is 0 Å². The van der Waals surface area contributed by atoms with Crippen LogP contribution in [0.25, 0.3) is 0 Å². The van der Waals surface area contributed by atoms with Crippen LogP contribution >= 0.6 is 23.4 Å². The Morgan fingerprint density at radius 3 is 2.78 bits per heavy atom. The van der Waals surface area contributed by atoms with E-state index in [4.69, 9.17) is 11.6 Å². The summed E-state index contributed by atoms with van der Waals surface area (Å²) in [5.74, 6) is 0.867. The summed E-state index contributed by atoms with van der Waals surface area (Å²) in [5.41, 5.74) is 0.623. The maximum absolute atomic E-state index is 11.3. The highest BCUT2D eigenvalue weighted by atomic mass is 35.5. The Labute approximate surface area is 118 Å². The van der Waals surface area contributed by atoms with Crippen molar-refractivity contribution in [3.8, 4) is 0 Å². The van der Waals surface area contributed by atoms with E-state index in [0.717, 1.165) is 5.92 Å². The summed E-state index contributed by atoms with van der Waals surface area (Å²) in [6.45, 7) is 3.88. The number of carbonyl (C=O) groups is 1. The molecule has 3 heteroatoms. The smallest absolute Gasteiger partial charge is 0.161 e. The molecular formula is C15H19ClOS. The van der Waals surface area contributed by atoms with Crippen molar-refractivity contribution < 1.29 is 4.79 Å². The van der Waals surface area contributed by atoms with Gasteiger partial charge >= 0.3 is 0 Å². The zero-order valence-corrected chi connectivity index (χ0v) is 12.5. The molecule has 2 unspecified atom stereocenters. The lowest BCUT2D eigenvalue weighted by molar-refractivity contribution is 0.101. The quantitative estimate of drug-likeness (QED) is 0.708. The Morgan fingerprint density at radius 2 is 2.17 bits per heavy atom. The lowest BCUT2D eigenvalue weighted by Gasteiger charge is -2.26. The number of rotatable bonds is 3. The fourth-order valence-electron chi connectivity index (χ4n) is 2.53. The van der Waals surface area contributed by atoms with Crippen LogP contribution in [0.4, 0.5) is 0 Å². The van der Waals surface area contributed by atoms with Gasteiger partial charge in [-0.05, 0) is 43.9 Å². The first kappa shape index (κ1) is 14.0. The summed E-state index contributed by atoms with van der Waals surface area (Å²) in [5, 5.41) is 1.28. The van der Waals surface area contributed by atoms with Gasteiger partial charge in [0.25, 0.3) is 0 Å². The largest absolute Gasteiger partial charge is 0.294 e. The van der Waals surface area contributed by atoms with E-state index in [1.807, 2.05) is 30.0 Å². The second-order valence-electron chi connectivity index (χ2n) is 5.21. The Hall–Kier alpha value is -0.470. The molecule has 18 heavy (non-hydrogen) atoms. The van der Waals surface area contributed by atoms with E-state index in [9.17, 15) is 4.79 Å². The zero-order chi connectivity index (χ0) is 13.1. The fraction of sp³-hybridized carbons (Fsp3) is 0.533. The van der Waals surface area contributed by atoms with Crippen molar-refractivity contribution >= 4 is 29.1 Å². The average Bonchev–Trinajstić information content (AvgIpc) is 2.28. The molecule has 1 aromatic rings. The molecule has 2 rings (SSSR count). The SMILES string of the molecule is CC(=O)c1ccc(SC2CCCC(C)C2)cc1Cl. The van der Waals surface area contributed by atoms with Crippen molar-refractivity contribution in [3.63, 3.8) is 0 Å². The predicted octanol–water partition coefficient (Wildman–Crippen LogP) is 5.21. The van der Waals surface area contributed by atoms with Crippen molar-refractivity contribution in [2.75, 3.05) is 0 Å². The molecule has 1 aliphatic carbocycles. The lowest BCUT2D eigenvalue weighted by atomic mass is 9.91. The van der Waals surface area contributed by atoms with Gasteiger partial charge in [0.15, 0.2) is 5.78 Å². The third-order valence-electron chi connectivity index (χ3n) is 3.51. The number of carbonyl (C=O) groups excluding carboxylic acids is 1. The Kier molecular flexibility index (Phi) is 4.74. The summed E-state index contributed by atoms with van der Waals surface area (Å²) in [6.07, 6.45) is 5.27. The third kappa shape index (κ3) is 3.52. The molecule has 1 aliphatic rings. The highest BCUT2D eigenvalue weighted by Crippen LogP contribution is 2.37. The van der Waals surface area contributed by atoms with Crippen LogP contribution in [0, 0.1) is 5.92 Å². The highest BCUT2D eigenvalue weighted by molar-refractivity contribution is 8.00. The number of ketones is 1. The summed E-state index contributed by atoms with van der Waals surface area (Å²) in [4.78, 5) is 12.5. The number of thioether (sulfide) groups is 1. The standard InChI is InChI=1S/C15H19ClOS/c1-10-4-3-5-12(8-10)18-13-6-7-14(11(2)17)15(16)9-13/h6-7,9-10,12H,3-5,8H2,1-2H3. The molecule has 0 N–H and O–H groups in total. The van der Waals surface area contributed by atoms with E-state index in [0.29, 0.717) is 15.8 Å². The van der Waals surface area contributed by atoms with E-state index in [2.05, 4.69) is 6.92 Å². The van der Waals surface area contributed by atoms with Crippen molar-refractivity contribution in [2.24, 2.45) is 5.92 Å². The molecule has 1 aromatic carbocycles. The summed E-state index contributed by atoms with van der Waals surface area (Å²) >= 11 is 8.04. The van der Waals surface area contributed by atoms with Gasteiger partial charge in [0.1, 0.15) is 0 Å². The number of halogens is 1. The van der Waals surface area contributed by atoms with Gasteiger partial charge in [0.05, 0.1) is 5.02 Å². The van der Waals surface area contributed by atoms with E-state index >= 15 is 0 Å². The Morgan fingerprint density at radius 1 is 1.39 bits per heavy atom. The van der Waals surface area contributed by atoms with Crippen LogP contribution in [0.15, 0.2) is 23.1 Å². The minimum atomic E-state index is 0.0304. The highest BCUT2D eigenvalue weighted by Gasteiger charge is 2.20. The van der Waals surface area contributed by atoms with Gasteiger partial charge in [-0.25, -0.2) is 0 Å². The summed E-state index contributed by atoms with van der Waals surface area (Å²) in [7, 11) is 0. The first-order valence-electron chi connectivity index (χ1n) is 6.53. The number of hydrogen-bond acceptors (Lipinski definition) is 2. The molecule has 98 valence electrons. The molecule has 2 atom stereocenters. The summed E-state index contributed by atoms with van der Waals surface area (Å²) in [6, 6.07) is 5.80. The number of Topliss-reactive ketones (excluding diaryl/α,β-unsaturated/α-hetero) is 1. The van der Waals surface area contributed by atoms with E-state index in [1.54, 1.807) is 6.92 Å². The van der Waals surface area contributed by atoms with Crippen LogP contribution in [0.2, 0.25) is 5.02 Å². The van der Waals surface area contributed by atoms with E-state index < -0.39 is 0 Å². The normalized spacial score (nSPS) is 23.9. The third-order valence-corrected chi connectivity index (χ3v) is 5.11. The van der Waals surface area contributed by atoms with E-state index in [-0.39, 0.29) is 5.78 Å². The maximum atomic E-state index is 11.3. The first-order chi connectivity index (χ1) is 8.56. The van der Waals surface area contributed by atoms with Crippen molar-refractivity contribution in [1.29, 1.82) is 0 Å². The minimum Gasteiger partial charge on any atom is -0.294 e. The van der Waals surface area contributed by atoms with Crippen molar-refractivity contribution in [1.82, 2.24) is 0 Å². The van der Waals surface area contributed by atoms with Crippen LogP contribution < -0.4 is 0 Å². The van der Waals surface area contributed by atoms with Crippen molar-refractivity contribution in [2.45, 2.75) is 49.7 Å². The van der Waals surface area contributed by atoms with Gasteiger partial charge in [-0.2, -0.15) is 0 Å². The molecule has 1 saturated carbocycles. The van der Waals surface area contributed by atoms with Crippen LogP contribution in [-0.2, 0) is 0 Å². The second-order valence-corrected chi connectivity index (χ2v) is 6.99. The second kappa shape index (κ2) is 6.12. The first-order valence-corrected chi connectivity index (χ1v) is 7.79. The lowest BCUT2D eigenvalue weighted by Crippen LogP contribution is -2.14. The molecular weight excluding hydrogens is 264 g/mol. The molecule has 1 nitrogen and oxygen atoms in total. The average molecular weight is 283 g/mol. The Bertz CT molecular complexity index is 444. The molecule has 0 saturated heterocycles. The van der Waals surface area contributed by atoms with Crippen LogP contribution in [-0.4, -0.2) is 11.0 Å². The molecule has 0 amide bonds. The topological polar surface area (TPSA) is 17.1 Å². The van der Waals surface area contributed by atoms with Crippen molar-refractivity contribution in [3.05, 3.63) is 28.8 Å². The van der Waals surface area contributed by atoms with Gasteiger partial charge in [-0.15, -0.1) is 11.8 Å². The number of hydrogen-bond donors (Lipinski definition) is 0. The van der Waals surface area contributed by atoms with Gasteiger partial charge in [-0.1, -0.05) is 31.4 Å². The van der Waals surface area contributed by atoms with Gasteiger partial charge < -0.3 is 0 Å². The monoisotopic (exact) mass is 282 g/mol. The minimum absolute atomic E-state index is 0.0304. The molecule has 0 bridgehead atoms. The van der Waals surface area contributed by atoms with Gasteiger partial charge in [0, 0.05) is 15.7 Å². The van der Waals surface area contributed by atoms with E-state index in [1.165, 1.54) is 30.6 Å². The molecule has 0 aromatic heterocycles. The van der Waals surface area contributed by atoms with Crippen LogP contribution in [0.5, 0.6) is 0 Å². The molecule has 0 spiro atoms. The maximum Gasteiger partial charge on any atom is 0.161 e. The molecule has 0 heterocycles. The van der Waals surface area contributed by atoms with Crippen LogP contribution in [0.3, 0.4) is 0 Å². The Balaban J connectivity index is 2.05. The molecule has 1 fully saturated rings. The number of benzene rings is 1. The van der Waals surface area contributed by atoms with Crippen LogP contribution in [0.1, 0.15) is 49.9 Å². The molecule has 0 aliphatic heterocycles. The van der Waals surface area contributed by atoms with Gasteiger partial charge in [-0.3, -0.25) is 4.79 Å². The molecule has 0 radical (unpaired) electrons.